The summed E-state index contributed by atoms with van der Waals surface area (Å²) in [5.41, 5.74) is 23.6. The van der Waals surface area contributed by atoms with Crippen LogP contribution in [0.3, 0.4) is 0 Å². The molecule has 6 N–H and O–H groups in total. The van der Waals surface area contributed by atoms with Gasteiger partial charge in [-0.15, -0.1) is 0 Å². The van der Waals surface area contributed by atoms with E-state index in [0.717, 1.165) is 62.9 Å². The first kappa shape index (κ1) is 62.1. The number of hydrogen-bond acceptors (Lipinski definition) is 9. The molecule has 3 fully saturated rings. The zero-order valence-electron chi connectivity index (χ0n) is 49.1. The predicted molar refractivity (Wildman–Crippen MR) is 337 cm³/mol. The van der Waals surface area contributed by atoms with E-state index in [-0.39, 0.29) is 47.6 Å². The average molecular weight is 1210 g/mol. The molecule has 3 aliphatic rings. The van der Waals surface area contributed by atoms with Gasteiger partial charge < -0.3 is 46.1 Å². The number of alkyl halides is 3. The molecule has 0 spiro atoms. The summed E-state index contributed by atoms with van der Waals surface area (Å²) < 4.78 is 55.9. The average Bonchev–Trinajstić information content (AvgIpc) is 2.40. The second-order valence-corrected chi connectivity index (χ2v) is 22.1. The van der Waals surface area contributed by atoms with Gasteiger partial charge in [-0.05, 0) is 175 Å². The van der Waals surface area contributed by atoms with Gasteiger partial charge in [0.05, 0.1) is 5.56 Å². The number of halogens is 3. The fourth-order valence-electron chi connectivity index (χ4n) is 11.0. The Labute approximate surface area is 518 Å². The van der Waals surface area contributed by atoms with Gasteiger partial charge in [-0.2, -0.15) is 13.2 Å². The maximum Gasteiger partial charge on any atom is 0.416 e. The van der Waals surface area contributed by atoms with Crippen LogP contribution in [-0.2, 0) is 20.6 Å². The van der Waals surface area contributed by atoms with E-state index in [1.807, 2.05) is 129 Å². The Kier molecular flexibility index (Phi) is 18.9. The molecule has 9 aromatic rings. The monoisotopic (exact) mass is 1210 g/mol. The van der Waals surface area contributed by atoms with Crippen molar-refractivity contribution in [1.29, 1.82) is 0 Å². The van der Waals surface area contributed by atoms with Crippen molar-refractivity contribution in [1.82, 2.24) is 0 Å². The van der Waals surface area contributed by atoms with Crippen LogP contribution in [0.25, 0.3) is 0 Å². The van der Waals surface area contributed by atoms with Crippen molar-refractivity contribution in [3.63, 3.8) is 0 Å². The number of aryl methyl sites for hydroxylation is 2. The van der Waals surface area contributed by atoms with Crippen molar-refractivity contribution in [3.8, 4) is 34.5 Å². The molecule has 3 heterocycles. The molecule has 0 aromatic heterocycles. The Morgan fingerprint density at radius 1 is 0.400 bits per heavy atom. The third kappa shape index (κ3) is 15.4. The quantitative estimate of drug-likeness (QED) is 0.0888. The highest BCUT2D eigenvalue weighted by molar-refractivity contribution is 6.01. The first-order chi connectivity index (χ1) is 43.2. The molecule has 18 heteroatoms. The van der Waals surface area contributed by atoms with E-state index in [4.69, 9.17) is 31.4 Å². The lowest BCUT2D eigenvalue weighted by atomic mass is 9.98. The Morgan fingerprint density at radius 3 is 1.13 bits per heavy atom. The van der Waals surface area contributed by atoms with Gasteiger partial charge in [0.25, 0.3) is 0 Å². The standard InChI is InChI=1S/C24H19F3N2O3.2C24H22N2O3/c25-24(26,27)18-7-9-20(10-8-18)32-21-6-2-3-15(12-21)17-13-22(30)29(14-17)19-5-1-4-16(11-19)23(28)31;1-16-5-2-9-21(11-16)29-22-10-4-6-17(13-22)19-14-23(27)26(15-19)20-8-3-7-18(12-20)24(25)28;1-16-6-2-3-11-22(16)29-21-10-5-7-17(13-21)19-14-23(27)26(15-19)20-9-4-8-18(12-20)24(25)28/h1-12,17H,13-14H2,(H2,28,31);2*2-13,19H,14-15H2,1H3,(H2,25,28). The van der Waals surface area contributed by atoms with Crippen LogP contribution in [0.15, 0.2) is 218 Å². The molecule has 12 rings (SSSR count). The molecule has 0 bridgehead atoms. The third-order valence-electron chi connectivity index (χ3n) is 15.7. The maximum absolute atomic E-state index is 12.7. The van der Waals surface area contributed by atoms with Crippen LogP contribution in [-0.4, -0.2) is 55.1 Å². The van der Waals surface area contributed by atoms with E-state index < -0.39 is 29.5 Å². The second-order valence-electron chi connectivity index (χ2n) is 22.1. The molecule has 6 amide bonds. The minimum atomic E-state index is -4.41. The number of rotatable bonds is 15. The van der Waals surface area contributed by atoms with Crippen molar-refractivity contribution in [3.05, 3.63) is 268 Å². The van der Waals surface area contributed by atoms with Crippen molar-refractivity contribution in [2.24, 2.45) is 17.2 Å². The van der Waals surface area contributed by atoms with Crippen LogP contribution < -0.4 is 46.1 Å². The van der Waals surface area contributed by atoms with Crippen LogP contribution >= 0.6 is 0 Å². The van der Waals surface area contributed by atoms with Crippen molar-refractivity contribution in [2.75, 3.05) is 34.3 Å². The molecule has 3 saturated heterocycles. The molecular weight excluding hydrogens is 1150 g/mol. The minimum Gasteiger partial charge on any atom is -0.457 e. The highest BCUT2D eigenvalue weighted by atomic mass is 19.4. The van der Waals surface area contributed by atoms with E-state index in [1.165, 1.54) is 12.1 Å². The first-order valence-electron chi connectivity index (χ1n) is 28.9. The number of carbonyl (C=O) groups is 6. The Morgan fingerprint density at radius 2 is 0.756 bits per heavy atom. The number of benzene rings is 9. The summed E-state index contributed by atoms with van der Waals surface area (Å²) in [4.78, 5) is 77.3. The SMILES string of the molecule is Cc1cccc(Oc2cccc(C3CC(=O)N(c4cccc(C(N)=O)c4)C3)c2)c1.Cc1ccccc1Oc1cccc(C2CC(=O)N(c3cccc(C(N)=O)c3)C2)c1.NC(=O)c1cccc(N2CC(c3cccc(Oc4ccc(C(F)(F)F)cc4)c3)CC2=O)c1. The number of nitrogens with zero attached hydrogens (tertiary/aromatic N) is 3. The van der Waals surface area contributed by atoms with Gasteiger partial charge in [0, 0.05) is 90.4 Å². The summed E-state index contributed by atoms with van der Waals surface area (Å²) in [5.74, 6) is 2.26. The van der Waals surface area contributed by atoms with Gasteiger partial charge in [-0.3, -0.25) is 28.8 Å². The highest BCUT2D eigenvalue weighted by Crippen LogP contribution is 2.39. The van der Waals surface area contributed by atoms with Gasteiger partial charge in [0.1, 0.15) is 34.5 Å². The van der Waals surface area contributed by atoms with Crippen LogP contribution in [0.5, 0.6) is 34.5 Å². The Hall–Kier alpha value is -11.0. The predicted octanol–water partition coefficient (Wildman–Crippen LogP) is 13.9. The maximum atomic E-state index is 12.7. The molecule has 3 atom stereocenters. The molecule has 90 heavy (non-hydrogen) atoms. The summed E-state index contributed by atoms with van der Waals surface area (Å²) >= 11 is 0. The Bertz CT molecular complexity index is 4160. The molecule has 0 radical (unpaired) electrons. The lowest BCUT2D eigenvalue weighted by molar-refractivity contribution is -0.137. The van der Waals surface area contributed by atoms with E-state index in [2.05, 4.69) is 0 Å². The summed E-state index contributed by atoms with van der Waals surface area (Å²) in [6.07, 6.45) is -3.30. The number of para-hydroxylation sites is 1. The van der Waals surface area contributed by atoms with Crippen LogP contribution in [0.1, 0.15) is 101 Å². The number of carbonyl (C=O) groups excluding carboxylic acids is 6. The summed E-state index contributed by atoms with van der Waals surface area (Å²) in [7, 11) is 0. The summed E-state index contributed by atoms with van der Waals surface area (Å²) in [5, 5.41) is 0. The van der Waals surface area contributed by atoms with Gasteiger partial charge in [0.15, 0.2) is 0 Å². The molecular formula is C72H63F3N6O9. The summed E-state index contributed by atoms with van der Waals surface area (Å²) in [6.45, 7) is 5.55. The van der Waals surface area contributed by atoms with Gasteiger partial charge in [0.2, 0.25) is 35.4 Å². The number of ether oxygens (including phenoxy) is 3. The molecule has 0 saturated carbocycles. The van der Waals surface area contributed by atoms with E-state index in [9.17, 15) is 41.9 Å². The lowest BCUT2D eigenvalue weighted by Gasteiger charge is -2.18. The van der Waals surface area contributed by atoms with E-state index >= 15 is 0 Å². The first-order valence-corrected chi connectivity index (χ1v) is 28.9. The number of anilines is 3. The molecule has 0 aliphatic carbocycles. The minimum absolute atomic E-state index is 0.0293. The number of primary amides is 3. The second kappa shape index (κ2) is 27.4. The van der Waals surface area contributed by atoms with Gasteiger partial charge >= 0.3 is 6.18 Å². The van der Waals surface area contributed by atoms with Crippen molar-refractivity contribution >= 4 is 52.5 Å². The number of nitrogens with two attached hydrogens (primary N) is 3. The third-order valence-corrected chi connectivity index (χ3v) is 15.7. The lowest BCUT2D eigenvalue weighted by Crippen LogP contribution is -2.24. The number of hydrogen-bond donors (Lipinski definition) is 3. The fraction of sp³-hybridized carbons (Fsp3) is 0.167. The molecule has 3 aliphatic heterocycles. The zero-order chi connectivity index (χ0) is 63.6. The molecule has 3 unspecified atom stereocenters. The largest absolute Gasteiger partial charge is 0.457 e. The summed E-state index contributed by atoms with van der Waals surface area (Å²) in [6, 6.07) is 63.5. The van der Waals surface area contributed by atoms with Crippen molar-refractivity contribution < 1.29 is 56.1 Å². The molecule has 456 valence electrons. The number of amides is 6. The van der Waals surface area contributed by atoms with E-state index in [1.54, 1.807) is 93.6 Å². The molecule has 9 aromatic carbocycles. The normalized spacial score (nSPS) is 16.2. The van der Waals surface area contributed by atoms with Crippen LogP contribution in [0.4, 0.5) is 30.2 Å². The van der Waals surface area contributed by atoms with Crippen molar-refractivity contribution in [2.45, 2.75) is 57.0 Å². The smallest absolute Gasteiger partial charge is 0.416 e. The van der Waals surface area contributed by atoms with Gasteiger partial charge in [-0.1, -0.05) is 84.9 Å². The van der Waals surface area contributed by atoms with Crippen LogP contribution in [0, 0.1) is 13.8 Å². The molecule has 15 nitrogen and oxygen atoms in total. The fourth-order valence-corrected chi connectivity index (χ4v) is 11.0. The van der Waals surface area contributed by atoms with Gasteiger partial charge in [-0.25, -0.2) is 0 Å². The van der Waals surface area contributed by atoms with E-state index in [0.29, 0.717) is 72.0 Å². The highest BCUT2D eigenvalue weighted by Gasteiger charge is 2.35. The zero-order valence-corrected chi connectivity index (χ0v) is 49.1. The topological polar surface area (TPSA) is 218 Å². The van der Waals surface area contributed by atoms with Crippen LogP contribution in [0.2, 0.25) is 0 Å². The Balaban J connectivity index is 0.000000149.